The number of nitrogens with zero attached hydrogens (tertiary/aromatic N) is 2. The standard InChI is InChI=1S/C15H19N3O2/c19-15(12-20-14-6-2-1-3-7-14)17-8-4-5-10-18-11-9-16-13-18/h1-3,6-7,9,11,13H,4-5,8,10,12H2,(H,17,19). The molecule has 0 saturated carbocycles. The molecule has 1 heterocycles. The van der Waals surface area contributed by atoms with Crippen LogP contribution in [-0.2, 0) is 11.3 Å². The number of nitrogens with one attached hydrogen (secondary N) is 1. The topological polar surface area (TPSA) is 56.1 Å². The molecule has 1 aromatic heterocycles. The number of hydrogen-bond donors (Lipinski definition) is 1. The Labute approximate surface area is 118 Å². The summed E-state index contributed by atoms with van der Waals surface area (Å²) in [5, 5.41) is 2.84. The number of hydrogen-bond acceptors (Lipinski definition) is 3. The smallest absolute Gasteiger partial charge is 0.257 e. The second-order valence-electron chi connectivity index (χ2n) is 4.46. The summed E-state index contributed by atoms with van der Waals surface area (Å²) < 4.78 is 7.39. The third kappa shape index (κ3) is 5.14. The Balaban J connectivity index is 1.52. The molecule has 5 heteroatoms. The van der Waals surface area contributed by atoms with Gasteiger partial charge < -0.3 is 14.6 Å². The predicted octanol–water partition coefficient (Wildman–Crippen LogP) is 1.86. The molecule has 1 amide bonds. The fraction of sp³-hybridized carbons (Fsp3) is 0.333. The van der Waals surface area contributed by atoms with Crippen molar-refractivity contribution in [2.45, 2.75) is 19.4 Å². The van der Waals surface area contributed by atoms with Gasteiger partial charge in [-0.3, -0.25) is 4.79 Å². The molecular weight excluding hydrogens is 254 g/mol. The normalized spacial score (nSPS) is 10.2. The zero-order valence-electron chi connectivity index (χ0n) is 11.4. The minimum Gasteiger partial charge on any atom is -0.484 e. The van der Waals surface area contributed by atoms with Crippen LogP contribution in [0.3, 0.4) is 0 Å². The molecule has 0 bridgehead atoms. The quantitative estimate of drug-likeness (QED) is 0.747. The van der Waals surface area contributed by atoms with Crippen molar-refractivity contribution in [2.75, 3.05) is 13.2 Å². The highest BCUT2D eigenvalue weighted by Gasteiger charge is 2.01. The minimum absolute atomic E-state index is 0.0610. The first-order chi connectivity index (χ1) is 9.84. The average molecular weight is 273 g/mol. The zero-order valence-corrected chi connectivity index (χ0v) is 11.4. The Bertz CT molecular complexity index is 497. The second kappa shape index (κ2) is 7.99. The molecule has 2 aromatic rings. The number of aromatic nitrogens is 2. The van der Waals surface area contributed by atoms with Crippen molar-refractivity contribution < 1.29 is 9.53 Å². The van der Waals surface area contributed by atoms with Gasteiger partial charge in [0.2, 0.25) is 0 Å². The Hall–Kier alpha value is -2.30. The van der Waals surface area contributed by atoms with E-state index in [1.54, 1.807) is 12.5 Å². The number of para-hydroxylation sites is 1. The third-order valence-electron chi connectivity index (χ3n) is 2.84. The summed E-state index contributed by atoms with van der Waals surface area (Å²) in [7, 11) is 0. The van der Waals surface area contributed by atoms with E-state index in [4.69, 9.17) is 4.74 Å². The van der Waals surface area contributed by atoms with Gasteiger partial charge in [-0.05, 0) is 25.0 Å². The number of carbonyl (C=O) groups excluding carboxylic acids is 1. The third-order valence-corrected chi connectivity index (χ3v) is 2.84. The molecule has 0 aliphatic carbocycles. The van der Waals surface area contributed by atoms with Crippen LogP contribution in [0.2, 0.25) is 0 Å². The summed E-state index contributed by atoms with van der Waals surface area (Å²) >= 11 is 0. The highest BCUT2D eigenvalue weighted by atomic mass is 16.5. The van der Waals surface area contributed by atoms with Crippen LogP contribution < -0.4 is 10.1 Å². The largest absolute Gasteiger partial charge is 0.484 e. The van der Waals surface area contributed by atoms with E-state index in [2.05, 4.69) is 10.3 Å². The Morgan fingerprint density at radius 3 is 2.85 bits per heavy atom. The number of aryl methyl sites for hydroxylation is 1. The number of rotatable bonds is 8. The number of amides is 1. The van der Waals surface area contributed by atoms with Crippen LogP contribution in [0.15, 0.2) is 49.1 Å². The van der Waals surface area contributed by atoms with Crippen LogP contribution in [0.4, 0.5) is 0 Å². The van der Waals surface area contributed by atoms with Gasteiger partial charge in [-0.1, -0.05) is 18.2 Å². The molecule has 2 rings (SSSR count). The van der Waals surface area contributed by atoms with Gasteiger partial charge in [-0.2, -0.15) is 0 Å². The lowest BCUT2D eigenvalue weighted by atomic mass is 10.3. The van der Waals surface area contributed by atoms with Crippen LogP contribution in [0.5, 0.6) is 5.75 Å². The van der Waals surface area contributed by atoms with E-state index in [-0.39, 0.29) is 12.5 Å². The van der Waals surface area contributed by atoms with Crippen LogP contribution in [0, 0.1) is 0 Å². The lowest BCUT2D eigenvalue weighted by molar-refractivity contribution is -0.123. The summed E-state index contributed by atoms with van der Waals surface area (Å²) in [6.45, 7) is 1.66. The summed E-state index contributed by atoms with van der Waals surface area (Å²) in [6.07, 6.45) is 7.45. The van der Waals surface area contributed by atoms with Gasteiger partial charge in [0.1, 0.15) is 5.75 Å². The van der Waals surface area contributed by atoms with Gasteiger partial charge in [-0.25, -0.2) is 4.98 Å². The van der Waals surface area contributed by atoms with Crippen molar-refractivity contribution in [3.05, 3.63) is 49.1 Å². The van der Waals surface area contributed by atoms with Crippen LogP contribution in [-0.4, -0.2) is 28.6 Å². The Morgan fingerprint density at radius 2 is 2.10 bits per heavy atom. The molecule has 106 valence electrons. The van der Waals surface area contributed by atoms with Crippen LogP contribution in [0.1, 0.15) is 12.8 Å². The first-order valence-electron chi connectivity index (χ1n) is 6.75. The summed E-state index contributed by atoms with van der Waals surface area (Å²) in [4.78, 5) is 15.5. The molecule has 0 atom stereocenters. The van der Waals surface area contributed by atoms with E-state index in [0.717, 1.165) is 19.4 Å². The molecule has 20 heavy (non-hydrogen) atoms. The van der Waals surface area contributed by atoms with Crippen molar-refractivity contribution >= 4 is 5.91 Å². The van der Waals surface area contributed by atoms with E-state index in [0.29, 0.717) is 12.3 Å². The molecule has 0 aliphatic rings. The zero-order chi connectivity index (χ0) is 14.0. The van der Waals surface area contributed by atoms with E-state index < -0.39 is 0 Å². The molecule has 0 unspecified atom stereocenters. The monoisotopic (exact) mass is 273 g/mol. The number of carbonyl (C=O) groups is 1. The fourth-order valence-electron chi connectivity index (χ4n) is 1.78. The van der Waals surface area contributed by atoms with E-state index in [9.17, 15) is 4.79 Å². The summed E-state index contributed by atoms with van der Waals surface area (Å²) in [5.41, 5.74) is 0. The Morgan fingerprint density at radius 1 is 1.25 bits per heavy atom. The molecule has 1 aromatic carbocycles. The lowest BCUT2D eigenvalue weighted by Gasteiger charge is -2.07. The van der Waals surface area contributed by atoms with Crippen LogP contribution >= 0.6 is 0 Å². The maximum Gasteiger partial charge on any atom is 0.257 e. The van der Waals surface area contributed by atoms with Crippen molar-refractivity contribution in [2.24, 2.45) is 0 Å². The highest BCUT2D eigenvalue weighted by molar-refractivity contribution is 5.77. The first kappa shape index (κ1) is 14.1. The molecule has 0 aliphatic heterocycles. The van der Waals surface area contributed by atoms with Gasteiger partial charge in [0.25, 0.3) is 5.91 Å². The number of benzene rings is 1. The second-order valence-corrected chi connectivity index (χ2v) is 4.46. The highest BCUT2D eigenvalue weighted by Crippen LogP contribution is 2.07. The maximum atomic E-state index is 11.6. The number of imidazole rings is 1. The van der Waals surface area contributed by atoms with Crippen LogP contribution in [0.25, 0.3) is 0 Å². The molecule has 0 fully saturated rings. The van der Waals surface area contributed by atoms with Crippen molar-refractivity contribution in [1.82, 2.24) is 14.9 Å². The minimum atomic E-state index is -0.0866. The van der Waals surface area contributed by atoms with Crippen molar-refractivity contribution in [3.8, 4) is 5.75 Å². The maximum absolute atomic E-state index is 11.6. The fourth-order valence-corrected chi connectivity index (χ4v) is 1.78. The van der Waals surface area contributed by atoms with E-state index in [1.807, 2.05) is 41.1 Å². The van der Waals surface area contributed by atoms with E-state index >= 15 is 0 Å². The van der Waals surface area contributed by atoms with Gasteiger partial charge in [0.05, 0.1) is 6.33 Å². The summed E-state index contributed by atoms with van der Waals surface area (Å²) in [6, 6.07) is 9.33. The average Bonchev–Trinajstić information content (AvgIpc) is 2.99. The van der Waals surface area contributed by atoms with E-state index in [1.165, 1.54) is 0 Å². The molecule has 5 nitrogen and oxygen atoms in total. The van der Waals surface area contributed by atoms with Gasteiger partial charge in [0, 0.05) is 25.5 Å². The Kier molecular flexibility index (Phi) is 5.64. The van der Waals surface area contributed by atoms with Crippen molar-refractivity contribution in [1.29, 1.82) is 0 Å². The molecule has 1 N–H and O–H groups in total. The van der Waals surface area contributed by atoms with Gasteiger partial charge in [-0.15, -0.1) is 0 Å². The molecule has 0 radical (unpaired) electrons. The first-order valence-corrected chi connectivity index (χ1v) is 6.75. The molecule has 0 spiro atoms. The van der Waals surface area contributed by atoms with Gasteiger partial charge >= 0.3 is 0 Å². The van der Waals surface area contributed by atoms with Crippen molar-refractivity contribution in [3.63, 3.8) is 0 Å². The predicted molar refractivity (Wildman–Crippen MR) is 76.4 cm³/mol. The lowest BCUT2D eigenvalue weighted by Crippen LogP contribution is -2.29. The summed E-state index contributed by atoms with van der Waals surface area (Å²) in [5.74, 6) is 0.624. The molecule has 0 saturated heterocycles. The molecular formula is C15H19N3O2. The van der Waals surface area contributed by atoms with Gasteiger partial charge in [0.15, 0.2) is 6.61 Å². The number of unbranched alkanes of at least 4 members (excludes halogenated alkanes) is 1. The number of ether oxygens (including phenoxy) is 1. The SMILES string of the molecule is O=C(COc1ccccc1)NCCCCn1ccnc1.